The molecule has 0 atom stereocenters. The smallest absolute Gasteiger partial charge is 0.337 e. The first-order valence-electron chi connectivity index (χ1n) is 5.04. The molecule has 0 spiro atoms. The van der Waals surface area contributed by atoms with Crippen molar-refractivity contribution < 1.29 is 9.90 Å². The molecule has 0 amide bonds. The summed E-state index contributed by atoms with van der Waals surface area (Å²) in [4.78, 5) is 11.3. The van der Waals surface area contributed by atoms with E-state index in [9.17, 15) is 9.90 Å². The zero-order valence-electron chi connectivity index (χ0n) is 9.39. The van der Waals surface area contributed by atoms with Crippen LogP contribution in [0.15, 0.2) is 22.7 Å². The normalized spacial score (nSPS) is 10.6. The zero-order valence-corrected chi connectivity index (χ0v) is 12.6. The Bertz CT molecular complexity index is 610. The average Bonchev–Trinajstić information content (AvgIpc) is 2.70. The van der Waals surface area contributed by atoms with Gasteiger partial charge < -0.3 is 5.11 Å². The van der Waals surface area contributed by atoms with Gasteiger partial charge in [0.2, 0.25) is 0 Å². The predicted octanol–water partition coefficient (Wildman–Crippen LogP) is 2.93. The molecule has 1 aromatic carbocycles. The van der Waals surface area contributed by atoms with Crippen LogP contribution in [0.1, 0.15) is 22.0 Å². The third kappa shape index (κ3) is 2.32. The summed E-state index contributed by atoms with van der Waals surface area (Å²) in [5.41, 5.74) is 0.761. The fourth-order valence-corrected chi connectivity index (χ4v) is 2.40. The molecule has 1 N–H and O–H groups in total. The Kier molecular flexibility index (Phi) is 3.82. The van der Waals surface area contributed by atoms with Crippen LogP contribution in [-0.2, 0) is 5.33 Å². The minimum absolute atomic E-state index is 0.203. The van der Waals surface area contributed by atoms with Gasteiger partial charge in [-0.2, -0.15) is 0 Å². The lowest BCUT2D eigenvalue weighted by atomic mass is 10.1. The molecule has 0 radical (unpaired) electrons. The van der Waals surface area contributed by atoms with Crippen LogP contribution in [0.4, 0.5) is 0 Å². The molecule has 0 aliphatic heterocycles. The van der Waals surface area contributed by atoms with Crippen LogP contribution < -0.4 is 0 Å². The maximum Gasteiger partial charge on any atom is 0.337 e. The number of aromatic carboxylic acids is 1. The van der Waals surface area contributed by atoms with Gasteiger partial charge >= 0.3 is 5.97 Å². The van der Waals surface area contributed by atoms with Crippen molar-refractivity contribution in [3.8, 4) is 5.69 Å². The van der Waals surface area contributed by atoms with E-state index >= 15 is 0 Å². The molecule has 2 aromatic rings. The van der Waals surface area contributed by atoms with E-state index in [0.29, 0.717) is 22.7 Å². The molecular weight excluding hydrogens is 366 g/mol. The molecule has 94 valence electrons. The molecule has 1 heterocycles. The number of benzene rings is 1. The van der Waals surface area contributed by atoms with Crippen molar-refractivity contribution in [2.45, 2.75) is 12.3 Å². The van der Waals surface area contributed by atoms with E-state index in [1.54, 1.807) is 29.7 Å². The van der Waals surface area contributed by atoms with Gasteiger partial charge in [0.1, 0.15) is 11.6 Å². The van der Waals surface area contributed by atoms with Gasteiger partial charge in [-0.1, -0.05) is 31.9 Å². The van der Waals surface area contributed by atoms with Crippen molar-refractivity contribution in [2.75, 3.05) is 0 Å². The highest BCUT2D eigenvalue weighted by Crippen LogP contribution is 2.23. The lowest BCUT2D eigenvalue weighted by Gasteiger charge is -2.11. The molecule has 2 rings (SSSR count). The lowest BCUT2D eigenvalue weighted by molar-refractivity contribution is 0.0697. The van der Waals surface area contributed by atoms with Crippen LogP contribution >= 0.6 is 31.9 Å². The number of nitrogens with zero attached hydrogens (tertiary/aromatic N) is 3. The van der Waals surface area contributed by atoms with E-state index in [1.165, 1.54) is 0 Å². The standard InChI is InChI=1S/C11H9Br2N3O2/c1-6-14-15-10(5-12)16(6)9-3-2-7(13)4-8(9)11(17)18/h2-4H,5H2,1H3,(H,17,18). The Balaban J connectivity index is 2.70. The van der Waals surface area contributed by atoms with E-state index in [-0.39, 0.29) is 5.56 Å². The third-order valence-corrected chi connectivity index (χ3v) is 3.44. The average molecular weight is 375 g/mol. The number of alkyl halides is 1. The molecule has 0 aliphatic carbocycles. The van der Waals surface area contributed by atoms with Gasteiger partial charge in [-0.3, -0.25) is 4.57 Å². The monoisotopic (exact) mass is 373 g/mol. The first-order chi connectivity index (χ1) is 8.54. The van der Waals surface area contributed by atoms with Gasteiger partial charge in [0.15, 0.2) is 0 Å². The molecule has 0 aliphatic rings. The SMILES string of the molecule is Cc1nnc(CBr)n1-c1ccc(Br)cc1C(=O)O. The number of hydrogen-bond acceptors (Lipinski definition) is 3. The molecule has 0 unspecified atom stereocenters. The fraction of sp³-hybridized carbons (Fsp3) is 0.182. The zero-order chi connectivity index (χ0) is 13.3. The molecule has 1 aromatic heterocycles. The molecule has 0 fully saturated rings. The van der Waals surface area contributed by atoms with E-state index < -0.39 is 5.97 Å². The highest BCUT2D eigenvalue weighted by atomic mass is 79.9. The van der Waals surface area contributed by atoms with Crippen molar-refractivity contribution >= 4 is 37.8 Å². The van der Waals surface area contributed by atoms with Crippen molar-refractivity contribution in [2.24, 2.45) is 0 Å². The van der Waals surface area contributed by atoms with E-state index in [1.807, 2.05) is 0 Å². The van der Waals surface area contributed by atoms with Crippen molar-refractivity contribution in [3.63, 3.8) is 0 Å². The maximum absolute atomic E-state index is 11.3. The highest BCUT2D eigenvalue weighted by molar-refractivity contribution is 9.10. The maximum atomic E-state index is 11.3. The Morgan fingerprint density at radius 2 is 2.17 bits per heavy atom. The van der Waals surface area contributed by atoms with E-state index in [0.717, 1.165) is 4.47 Å². The van der Waals surface area contributed by atoms with Crippen LogP contribution in [-0.4, -0.2) is 25.8 Å². The largest absolute Gasteiger partial charge is 0.478 e. The summed E-state index contributed by atoms with van der Waals surface area (Å²) in [5, 5.41) is 17.7. The fourth-order valence-electron chi connectivity index (χ4n) is 1.68. The molecule has 7 heteroatoms. The first-order valence-corrected chi connectivity index (χ1v) is 6.96. The van der Waals surface area contributed by atoms with E-state index in [4.69, 9.17) is 0 Å². The first kappa shape index (κ1) is 13.2. The summed E-state index contributed by atoms with van der Waals surface area (Å²) in [5.74, 6) is 0.325. The Morgan fingerprint density at radius 3 is 2.78 bits per heavy atom. The summed E-state index contributed by atoms with van der Waals surface area (Å²) < 4.78 is 2.44. The summed E-state index contributed by atoms with van der Waals surface area (Å²) in [6.07, 6.45) is 0. The van der Waals surface area contributed by atoms with Gasteiger partial charge in [-0.05, 0) is 25.1 Å². The van der Waals surface area contributed by atoms with Crippen LogP contribution in [0.3, 0.4) is 0 Å². The van der Waals surface area contributed by atoms with Gasteiger partial charge in [0.25, 0.3) is 0 Å². The summed E-state index contributed by atoms with van der Waals surface area (Å²) >= 11 is 6.58. The molecular formula is C11H9Br2N3O2. The summed E-state index contributed by atoms with van der Waals surface area (Å²) in [6, 6.07) is 5.09. The number of carboxylic acid groups (broad SMARTS) is 1. The second kappa shape index (κ2) is 5.19. The van der Waals surface area contributed by atoms with Crippen LogP contribution in [0.25, 0.3) is 5.69 Å². The van der Waals surface area contributed by atoms with Crippen LogP contribution in [0, 0.1) is 6.92 Å². The minimum Gasteiger partial charge on any atom is -0.478 e. The Morgan fingerprint density at radius 1 is 1.44 bits per heavy atom. The molecule has 18 heavy (non-hydrogen) atoms. The second-order valence-corrected chi connectivity index (χ2v) is 5.08. The van der Waals surface area contributed by atoms with Gasteiger partial charge in [-0.15, -0.1) is 10.2 Å². The van der Waals surface area contributed by atoms with Crippen LogP contribution in [0.2, 0.25) is 0 Å². The second-order valence-electron chi connectivity index (χ2n) is 3.60. The Hall–Kier alpha value is -1.21. The molecule has 0 saturated carbocycles. The number of rotatable bonds is 3. The van der Waals surface area contributed by atoms with Crippen molar-refractivity contribution in [1.29, 1.82) is 0 Å². The quantitative estimate of drug-likeness (QED) is 0.838. The Labute approximate surface area is 120 Å². The van der Waals surface area contributed by atoms with Crippen molar-refractivity contribution in [1.82, 2.24) is 14.8 Å². The summed E-state index contributed by atoms with van der Waals surface area (Å²) in [7, 11) is 0. The highest BCUT2D eigenvalue weighted by Gasteiger charge is 2.17. The number of aromatic nitrogens is 3. The summed E-state index contributed by atoms with van der Waals surface area (Å²) in [6.45, 7) is 1.78. The third-order valence-electron chi connectivity index (χ3n) is 2.44. The number of aryl methyl sites for hydroxylation is 1. The van der Waals surface area contributed by atoms with Gasteiger partial charge in [0, 0.05) is 4.47 Å². The molecule has 0 saturated heterocycles. The molecule has 5 nitrogen and oxygen atoms in total. The number of carbonyl (C=O) groups is 1. The topological polar surface area (TPSA) is 68.0 Å². The number of carboxylic acids is 1. The molecule has 0 bridgehead atoms. The van der Waals surface area contributed by atoms with Crippen molar-refractivity contribution in [3.05, 3.63) is 39.9 Å². The van der Waals surface area contributed by atoms with Gasteiger partial charge in [-0.25, -0.2) is 4.79 Å². The van der Waals surface area contributed by atoms with Gasteiger partial charge in [0.05, 0.1) is 16.6 Å². The number of hydrogen-bond donors (Lipinski definition) is 1. The van der Waals surface area contributed by atoms with E-state index in [2.05, 4.69) is 42.1 Å². The lowest BCUT2D eigenvalue weighted by Crippen LogP contribution is -2.09. The minimum atomic E-state index is -0.986. The number of halogens is 2. The van der Waals surface area contributed by atoms with Crippen LogP contribution in [0.5, 0.6) is 0 Å². The predicted molar refractivity (Wildman–Crippen MR) is 73.4 cm³/mol.